The molecule has 1 amide bonds. The molecule has 3 rings (SSSR count). The fraction of sp³-hybridized carbons (Fsp3) is 0.588. The number of ether oxygens (including phenoxy) is 2. The summed E-state index contributed by atoms with van der Waals surface area (Å²) in [6.45, 7) is 3.78. The van der Waals surface area contributed by atoms with Crippen LogP contribution in [0.4, 0.5) is 0 Å². The van der Waals surface area contributed by atoms with Crippen molar-refractivity contribution >= 4 is 34.2 Å². The zero-order chi connectivity index (χ0) is 16.2. The number of carbonyl (C=O) groups excluding carboxylic acids is 1. The second-order valence-electron chi connectivity index (χ2n) is 6.11. The molecule has 7 heteroatoms. The number of benzene rings is 1. The summed E-state index contributed by atoms with van der Waals surface area (Å²) in [7, 11) is 1.98. The quantitative estimate of drug-likeness (QED) is 0.815. The van der Waals surface area contributed by atoms with Crippen molar-refractivity contribution in [2.75, 3.05) is 39.9 Å². The molecule has 0 aliphatic carbocycles. The summed E-state index contributed by atoms with van der Waals surface area (Å²) in [5, 5.41) is 3.20. The average molecular weight is 420 g/mol. The normalized spacial score (nSPS) is 17.3. The van der Waals surface area contributed by atoms with Crippen molar-refractivity contribution in [2.24, 2.45) is 5.92 Å². The Labute approximate surface area is 157 Å². The summed E-state index contributed by atoms with van der Waals surface area (Å²) in [5.74, 6) is 2.14. The van der Waals surface area contributed by atoms with E-state index in [0.29, 0.717) is 30.3 Å². The molecule has 2 aliphatic heterocycles. The summed E-state index contributed by atoms with van der Waals surface area (Å²) in [6, 6.07) is 3.64. The van der Waals surface area contributed by atoms with E-state index in [-0.39, 0.29) is 18.3 Å². The second-order valence-corrected chi connectivity index (χ2v) is 6.96. The van der Waals surface area contributed by atoms with Gasteiger partial charge in [0.25, 0.3) is 5.91 Å². The first-order valence-corrected chi connectivity index (χ1v) is 9.01. The molecule has 1 fully saturated rings. The lowest BCUT2D eigenvalue weighted by molar-refractivity contribution is 0.0686. The van der Waals surface area contributed by atoms with Crippen molar-refractivity contribution in [3.05, 3.63) is 22.2 Å². The number of nitrogens with one attached hydrogen (secondary N) is 1. The number of halogens is 2. The van der Waals surface area contributed by atoms with Gasteiger partial charge in [-0.15, -0.1) is 12.4 Å². The molecule has 24 heavy (non-hydrogen) atoms. The average Bonchev–Trinajstić information content (AvgIpc) is 2.60. The summed E-state index contributed by atoms with van der Waals surface area (Å²) in [4.78, 5) is 14.7. The maximum absolute atomic E-state index is 12.8. The standard InChI is InChI=1S/C17H23BrN2O3.ClH/c1-19-5-2-12-3-6-20(7-4-12)17(21)13-10-14(18)16-15(11-13)22-8-9-23-16;/h10-12,19H,2-9H2,1H3;1H. The van der Waals surface area contributed by atoms with Crippen LogP contribution < -0.4 is 14.8 Å². The molecule has 0 aromatic heterocycles. The van der Waals surface area contributed by atoms with Gasteiger partial charge in [-0.25, -0.2) is 0 Å². The molecule has 2 heterocycles. The topological polar surface area (TPSA) is 50.8 Å². The Morgan fingerprint density at radius 1 is 1.29 bits per heavy atom. The minimum atomic E-state index is 0. The number of piperidine rings is 1. The van der Waals surface area contributed by atoms with Gasteiger partial charge in [0.2, 0.25) is 0 Å². The fourth-order valence-corrected chi connectivity index (χ4v) is 3.75. The minimum absolute atomic E-state index is 0. The number of fused-ring (bicyclic) bond motifs is 1. The van der Waals surface area contributed by atoms with Crippen molar-refractivity contribution in [1.29, 1.82) is 0 Å². The predicted octanol–water partition coefficient (Wildman–Crippen LogP) is 3.10. The summed E-state index contributed by atoms with van der Waals surface area (Å²) in [6.07, 6.45) is 3.35. The van der Waals surface area contributed by atoms with Gasteiger partial charge in [-0.05, 0) is 66.8 Å². The van der Waals surface area contributed by atoms with Crippen molar-refractivity contribution in [1.82, 2.24) is 10.2 Å². The Morgan fingerprint density at radius 2 is 2.00 bits per heavy atom. The van der Waals surface area contributed by atoms with Crippen LogP contribution in [0.2, 0.25) is 0 Å². The Hall–Kier alpha value is -0.980. The molecular formula is C17H24BrClN2O3. The van der Waals surface area contributed by atoms with Gasteiger partial charge < -0.3 is 19.7 Å². The van der Waals surface area contributed by atoms with Crippen LogP contribution in [0.15, 0.2) is 16.6 Å². The Kier molecular flexibility index (Phi) is 7.19. The predicted molar refractivity (Wildman–Crippen MR) is 99.6 cm³/mol. The first-order chi connectivity index (χ1) is 11.2. The molecule has 1 aromatic carbocycles. The third kappa shape index (κ3) is 4.35. The van der Waals surface area contributed by atoms with E-state index < -0.39 is 0 Å². The van der Waals surface area contributed by atoms with Crippen molar-refractivity contribution in [3.63, 3.8) is 0 Å². The third-order valence-electron chi connectivity index (χ3n) is 4.55. The lowest BCUT2D eigenvalue weighted by Crippen LogP contribution is -2.39. The van der Waals surface area contributed by atoms with Crippen LogP contribution >= 0.6 is 28.3 Å². The molecule has 0 spiro atoms. The van der Waals surface area contributed by atoms with Gasteiger partial charge in [0.15, 0.2) is 11.5 Å². The summed E-state index contributed by atoms with van der Waals surface area (Å²) >= 11 is 3.48. The zero-order valence-electron chi connectivity index (χ0n) is 13.8. The maximum atomic E-state index is 12.8. The molecule has 1 aromatic rings. The van der Waals surface area contributed by atoms with Crippen LogP contribution in [0.3, 0.4) is 0 Å². The lowest BCUT2D eigenvalue weighted by atomic mass is 9.93. The number of nitrogens with zero attached hydrogens (tertiary/aromatic N) is 1. The first kappa shape index (κ1) is 19.3. The number of carbonyl (C=O) groups is 1. The first-order valence-electron chi connectivity index (χ1n) is 8.22. The van der Waals surface area contributed by atoms with E-state index in [1.54, 1.807) is 6.07 Å². The van der Waals surface area contributed by atoms with Gasteiger partial charge in [-0.1, -0.05) is 0 Å². The molecule has 2 aliphatic rings. The summed E-state index contributed by atoms with van der Waals surface area (Å²) < 4.78 is 12.0. The van der Waals surface area contributed by atoms with Crippen LogP contribution in [-0.2, 0) is 0 Å². The number of hydrogen-bond donors (Lipinski definition) is 1. The Bertz CT molecular complexity index is 577. The SMILES string of the molecule is CNCCC1CCN(C(=O)c2cc(Br)c3c(c2)OCCO3)CC1.Cl. The number of amides is 1. The summed E-state index contributed by atoms with van der Waals surface area (Å²) in [5.41, 5.74) is 0.662. The Balaban J connectivity index is 0.00000208. The van der Waals surface area contributed by atoms with Gasteiger partial charge in [0.05, 0.1) is 4.47 Å². The molecule has 1 N–H and O–H groups in total. The van der Waals surface area contributed by atoms with Crippen molar-refractivity contribution < 1.29 is 14.3 Å². The van der Waals surface area contributed by atoms with Crippen LogP contribution in [-0.4, -0.2) is 50.7 Å². The highest BCUT2D eigenvalue weighted by molar-refractivity contribution is 9.10. The number of hydrogen-bond acceptors (Lipinski definition) is 4. The number of likely N-dealkylation sites (tertiary alicyclic amines) is 1. The van der Waals surface area contributed by atoms with E-state index in [1.807, 2.05) is 18.0 Å². The van der Waals surface area contributed by atoms with E-state index in [9.17, 15) is 4.79 Å². The highest BCUT2D eigenvalue weighted by Crippen LogP contribution is 2.39. The van der Waals surface area contributed by atoms with Crippen LogP contribution in [0, 0.1) is 5.92 Å². The van der Waals surface area contributed by atoms with E-state index >= 15 is 0 Å². The maximum Gasteiger partial charge on any atom is 0.254 e. The van der Waals surface area contributed by atoms with Gasteiger partial charge >= 0.3 is 0 Å². The van der Waals surface area contributed by atoms with E-state index in [4.69, 9.17) is 9.47 Å². The van der Waals surface area contributed by atoms with Gasteiger partial charge in [-0.2, -0.15) is 0 Å². The molecule has 0 unspecified atom stereocenters. The lowest BCUT2D eigenvalue weighted by Gasteiger charge is -2.32. The second kappa shape index (κ2) is 8.92. The van der Waals surface area contributed by atoms with Gasteiger partial charge in [0, 0.05) is 18.7 Å². The molecule has 0 atom stereocenters. The van der Waals surface area contributed by atoms with E-state index in [1.165, 1.54) is 6.42 Å². The monoisotopic (exact) mass is 418 g/mol. The molecule has 5 nitrogen and oxygen atoms in total. The molecular weight excluding hydrogens is 396 g/mol. The zero-order valence-corrected chi connectivity index (χ0v) is 16.2. The van der Waals surface area contributed by atoms with Crippen molar-refractivity contribution in [2.45, 2.75) is 19.3 Å². The molecule has 0 bridgehead atoms. The number of rotatable bonds is 4. The smallest absolute Gasteiger partial charge is 0.254 e. The van der Waals surface area contributed by atoms with Crippen LogP contribution in [0.5, 0.6) is 11.5 Å². The molecule has 134 valence electrons. The van der Waals surface area contributed by atoms with Crippen LogP contribution in [0.25, 0.3) is 0 Å². The molecule has 1 saturated heterocycles. The van der Waals surface area contributed by atoms with E-state index in [0.717, 1.165) is 42.9 Å². The van der Waals surface area contributed by atoms with Gasteiger partial charge in [-0.3, -0.25) is 4.79 Å². The van der Waals surface area contributed by atoms with E-state index in [2.05, 4.69) is 21.2 Å². The molecule has 0 radical (unpaired) electrons. The van der Waals surface area contributed by atoms with Crippen LogP contribution in [0.1, 0.15) is 29.6 Å². The van der Waals surface area contributed by atoms with Gasteiger partial charge in [0.1, 0.15) is 13.2 Å². The fourth-order valence-electron chi connectivity index (χ4n) is 3.19. The molecule has 0 saturated carbocycles. The highest BCUT2D eigenvalue weighted by atomic mass is 79.9. The minimum Gasteiger partial charge on any atom is -0.486 e. The van der Waals surface area contributed by atoms with Crippen molar-refractivity contribution in [3.8, 4) is 11.5 Å². The highest BCUT2D eigenvalue weighted by Gasteiger charge is 2.25. The third-order valence-corrected chi connectivity index (χ3v) is 5.14. The Morgan fingerprint density at radius 3 is 2.71 bits per heavy atom. The largest absolute Gasteiger partial charge is 0.486 e.